The zero-order chi connectivity index (χ0) is 20.5. The van der Waals surface area contributed by atoms with E-state index in [4.69, 9.17) is 9.26 Å². The van der Waals surface area contributed by atoms with Crippen LogP contribution in [0, 0.1) is 20.8 Å². The number of nitrogens with one attached hydrogen (secondary N) is 2. The highest BCUT2D eigenvalue weighted by molar-refractivity contribution is 7.89. The van der Waals surface area contributed by atoms with Crippen molar-refractivity contribution in [2.75, 3.05) is 13.2 Å². The summed E-state index contributed by atoms with van der Waals surface area (Å²) in [6, 6.07) is 7.29. The fraction of sp³-hybridized carbons (Fsp3) is 0.278. The van der Waals surface area contributed by atoms with Crippen LogP contribution in [-0.2, 0) is 19.6 Å². The van der Waals surface area contributed by atoms with Crippen molar-refractivity contribution in [3.8, 4) is 0 Å². The van der Waals surface area contributed by atoms with Crippen molar-refractivity contribution in [2.45, 2.75) is 25.7 Å². The predicted molar refractivity (Wildman–Crippen MR) is 99.5 cm³/mol. The molecule has 0 aliphatic heterocycles. The summed E-state index contributed by atoms with van der Waals surface area (Å²) in [5.41, 5.74) is 2.10. The van der Waals surface area contributed by atoms with E-state index >= 15 is 0 Å². The van der Waals surface area contributed by atoms with Gasteiger partial charge in [0.1, 0.15) is 17.1 Å². The second kappa shape index (κ2) is 7.56. The van der Waals surface area contributed by atoms with E-state index < -0.39 is 29.1 Å². The largest absolute Gasteiger partial charge is 0.456 e. The highest BCUT2D eigenvalue weighted by Gasteiger charge is 2.25. The highest BCUT2D eigenvalue weighted by Crippen LogP contribution is 2.22. The number of rotatable bonds is 7. The molecule has 2 aromatic heterocycles. The topological polar surface area (TPSA) is 131 Å². The number of para-hydroxylation sites is 1. The molecule has 2 heterocycles. The quantitative estimate of drug-likeness (QED) is 0.452. The normalized spacial score (nSPS) is 11.7. The van der Waals surface area contributed by atoms with Gasteiger partial charge in [-0.2, -0.15) is 4.72 Å². The monoisotopic (exact) mass is 405 g/mol. The Morgan fingerprint density at radius 3 is 2.61 bits per heavy atom. The molecule has 0 aliphatic carbocycles. The number of aromatic amines is 1. The number of sulfonamides is 1. The lowest BCUT2D eigenvalue weighted by molar-refractivity contribution is -0.141. The van der Waals surface area contributed by atoms with E-state index in [-0.39, 0.29) is 22.1 Å². The zero-order valence-corrected chi connectivity index (χ0v) is 16.3. The Hall–Kier alpha value is -2.98. The molecule has 0 saturated carbocycles. The van der Waals surface area contributed by atoms with Crippen LogP contribution in [0.2, 0.25) is 0 Å². The Kier molecular flexibility index (Phi) is 5.34. The van der Waals surface area contributed by atoms with Gasteiger partial charge in [-0.05, 0) is 26.8 Å². The molecule has 3 aromatic rings. The highest BCUT2D eigenvalue weighted by atomic mass is 32.2. The number of Topliss-reactive ketones (excluding diaryl/α,β-unsaturated/α-hetero) is 1. The number of carbonyl (C=O) groups is 2. The average Bonchev–Trinajstić information content (AvgIpc) is 3.16. The van der Waals surface area contributed by atoms with Crippen LogP contribution in [0.25, 0.3) is 10.9 Å². The predicted octanol–water partition coefficient (Wildman–Crippen LogP) is 1.79. The summed E-state index contributed by atoms with van der Waals surface area (Å²) in [5.74, 6) is -1.14. The first kappa shape index (κ1) is 19.8. The van der Waals surface area contributed by atoms with Crippen molar-refractivity contribution in [3.05, 3.63) is 47.0 Å². The van der Waals surface area contributed by atoms with Gasteiger partial charge in [0, 0.05) is 22.2 Å². The van der Waals surface area contributed by atoms with E-state index in [1.807, 2.05) is 18.2 Å². The Morgan fingerprint density at radius 1 is 1.21 bits per heavy atom. The second-order valence-electron chi connectivity index (χ2n) is 6.23. The minimum atomic E-state index is -3.99. The summed E-state index contributed by atoms with van der Waals surface area (Å²) in [6.45, 7) is 3.58. The third kappa shape index (κ3) is 3.82. The fourth-order valence-corrected chi connectivity index (χ4v) is 4.28. The Bertz CT molecular complexity index is 1140. The lowest BCUT2D eigenvalue weighted by Crippen LogP contribution is -2.32. The molecule has 28 heavy (non-hydrogen) atoms. The smallest absolute Gasteiger partial charge is 0.321 e. The van der Waals surface area contributed by atoms with Crippen LogP contribution in [0.5, 0.6) is 0 Å². The molecule has 148 valence electrons. The van der Waals surface area contributed by atoms with Crippen LogP contribution in [0.4, 0.5) is 0 Å². The molecule has 2 N–H and O–H groups in total. The van der Waals surface area contributed by atoms with Crippen molar-refractivity contribution in [2.24, 2.45) is 0 Å². The van der Waals surface area contributed by atoms with Gasteiger partial charge < -0.3 is 14.2 Å². The van der Waals surface area contributed by atoms with Gasteiger partial charge in [0.2, 0.25) is 15.8 Å². The van der Waals surface area contributed by atoms with Gasteiger partial charge in [0.05, 0.1) is 0 Å². The SMILES string of the molecule is Cc1noc(C)c1S(=O)(=O)NCC(=O)OCC(=O)c1c(C)[nH]c2ccccc12. The third-order valence-electron chi connectivity index (χ3n) is 4.18. The first-order valence-electron chi connectivity index (χ1n) is 8.39. The lowest BCUT2D eigenvalue weighted by Gasteiger charge is -2.07. The molecule has 0 fully saturated rings. The molecule has 0 amide bonds. The zero-order valence-electron chi connectivity index (χ0n) is 15.5. The molecule has 0 bridgehead atoms. The third-order valence-corrected chi connectivity index (χ3v) is 5.82. The molecule has 0 aliphatic rings. The van der Waals surface area contributed by atoms with Gasteiger partial charge in [0.15, 0.2) is 12.4 Å². The van der Waals surface area contributed by atoms with Crippen LogP contribution in [0.3, 0.4) is 0 Å². The summed E-state index contributed by atoms with van der Waals surface area (Å²) >= 11 is 0. The van der Waals surface area contributed by atoms with Crippen molar-refractivity contribution in [3.63, 3.8) is 0 Å². The van der Waals surface area contributed by atoms with Crippen molar-refractivity contribution in [1.29, 1.82) is 0 Å². The van der Waals surface area contributed by atoms with Gasteiger partial charge in [-0.3, -0.25) is 9.59 Å². The number of fused-ring (bicyclic) bond motifs is 1. The van der Waals surface area contributed by atoms with E-state index in [0.29, 0.717) is 11.3 Å². The number of esters is 1. The average molecular weight is 405 g/mol. The first-order valence-corrected chi connectivity index (χ1v) is 9.87. The van der Waals surface area contributed by atoms with Gasteiger partial charge >= 0.3 is 5.97 Å². The number of benzene rings is 1. The number of hydrogen-bond acceptors (Lipinski definition) is 7. The van der Waals surface area contributed by atoms with E-state index in [9.17, 15) is 18.0 Å². The Morgan fingerprint density at radius 2 is 1.93 bits per heavy atom. The van der Waals surface area contributed by atoms with Gasteiger partial charge in [-0.1, -0.05) is 23.4 Å². The number of nitrogens with zero attached hydrogens (tertiary/aromatic N) is 1. The fourth-order valence-electron chi connectivity index (χ4n) is 2.99. The molecule has 0 unspecified atom stereocenters. The number of aromatic nitrogens is 2. The van der Waals surface area contributed by atoms with E-state index in [1.54, 1.807) is 13.0 Å². The summed E-state index contributed by atoms with van der Waals surface area (Å²) < 4.78 is 36.4. The number of ether oxygens (including phenoxy) is 1. The molecule has 0 saturated heterocycles. The first-order chi connectivity index (χ1) is 13.2. The van der Waals surface area contributed by atoms with Crippen LogP contribution < -0.4 is 4.72 Å². The molecule has 10 heteroatoms. The molecule has 3 rings (SSSR count). The minimum absolute atomic E-state index is 0.114. The maximum Gasteiger partial charge on any atom is 0.321 e. The van der Waals surface area contributed by atoms with Crippen LogP contribution in [0.1, 0.15) is 27.5 Å². The molecule has 0 radical (unpaired) electrons. The maximum absolute atomic E-state index is 12.5. The number of ketones is 1. The van der Waals surface area contributed by atoms with Crippen molar-refractivity contribution >= 4 is 32.7 Å². The van der Waals surface area contributed by atoms with Gasteiger partial charge in [-0.15, -0.1) is 0 Å². The molecule has 0 atom stereocenters. The lowest BCUT2D eigenvalue weighted by atomic mass is 10.1. The van der Waals surface area contributed by atoms with Gasteiger partial charge in [0.25, 0.3) is 0 Å². The van der Waals surface area contributed by atoms with Crippen molar-refractivity contribution in [1.82, 2.24) is 14.9 Å². The van der Waals surface area contributed by atoms with Crippen LogP contribution >= 0.6 is 0 Å². The minimum Gasteiger partial charge on any atom is -0.456 e. The maximum atomic E-state index is 12.5. The molecule has 0 spiro atoms. The standard InChI is InChI=1S/C18H19N3O6S/c1-10-17(13-6-4-5-7-14(13)20-10)15(22)9-26-16(23)8-19-28(24,25)18-11(2)21-27-12(18)3/h4-7,19-20H,8-9H2,1-3H3. The summed E-state index contributed by atoms with van der Waals surface area (Å²) in [6.07, 6.45) is 0. The molecule has 1 aromatic carbocycles. The molecule has 9 nitrogen and oxygen atoms in total. The summed E-state index contributed by atoms with van der Waals surface area (Å²) in [4.78, 5) is 27.3. The number of carbonyl (C=O) groups excluding carboxylic acids is 2. The van der Waals surface area contributed by atoms with Crippen LogP contribution in [-0.4, -0.2) is 43.5 Å². The molecular formula is C18H19N3O6S. The second-order valence-corrected chi connectivity index (χ2v) is 7.94. The number of H-pyrrole nitrogens is 1. The Balaban J connectivity index is 1.61. The van der Waals surface area contributed by atoms with E-state index in [0.717, 1.165) is 10.9 Å². The Labute approximate surface area is 161 Å². The van der Waals surface area contributed by atoms with Gasteiger partial charge in [-0.25, -0.2) is 8.42 Å². The summed E-state index contributed by atoms with van der Waals surface area (Å²) in [7, 11) is -3.99. The van der Waals surface area contributed by atoms with E-state index in [2.05, 4.69) is 14.9 Å². The molecular weight excluding hydrogens is 386 g/mol. The number of hydrogen-bond donors (Lipinski definition) is 2. The van der Waals surface area contributed by atoms with Crippen molar-refractivity contribution < 1.29 is 27.3 Å². The van der Waals surface area contributed by atoms with E-state index in [1.165, 1.54) is 13.8 Å². The summed E-state index contributed by atoms with van der Waals surface area (Å²) in [5, 5.41) is 4.31. The number of aryl methyl sites for hydroxylation is 3. The van der Waals surface area contributed by atoms with Crippen LogP contribution in [0.15, 0.2) is 33.7 Å².